The molecule has 0 fully saturated rings. The number of benzene rings is 1. The molecule has 260 valence electrons. The molecule has 0 aromatic heterocycles. The average Bonchev–Trinajstić information content (AvgIpc) is 2.97. The number of carboxylic acid groups (broad SMARTS) is 1. The summed E-state index contributed by atoms with van der Waals surface area (Å²) in [5, 5.41) is 41.1. The lowest BCUT2D eigenvalue weighted by Gasteiger charge is -2.32. The lowest BCUT2D eigenvalue weighted by atomic mass is 9.88. The van der Waals surface area contributed by atoms with Crippen molar-refractivity contribution >= 4 is 29.6 Å². The molecule has 1 rings (SSSR count). The van der Waals surface area contributed by atoms with Gasteiger partial charge in [-0.15, -0.1) is 0 Å². The Kier molecular flexibility index (Phi) is 17.5. The standard InChI is InChI=1S/C34H56N4O8/c1-8-14-27(34(45,46)33(44)35-20-28(39)38-29(32(42)43)24-16-10-9-11-17-24)37-31(41)26(19-22(4)5)36-30(40)25(23(6)7)18-13-12-15-21(2)3/h9-11,16-17,21-23,25-27,29,45-46H,8,12-15,18-20H2,1-7H3,(H,35,44)(H,36,40)(H,37,41)(H,38,39)(H,42,43)/t25-,26+,27+,29+/m1/s1. The summed E-state index contributed by atoms with van der Waals surface area (Å²) in [5.41, 5.74) is 0.313. The number of rotatable bonds is 21. The van der Waals surface area contributed by atoms with Gasteiger partial charge in [0.1, 0.15) is 6.04 Å². The number of carbonyl (C=O) groups excluding carboxylic acids is 4. The number of nitrogens with one attached hydrogen (secondary N) is 4. The van der Waals surface area contributed by atoms with Gasteiger partial charge >= 0.3 is 5.97 Å². The first-order valence-corrected chi connectivity index (χ1v) is 16.4. The van der Waals surface area contributed by atoms with Crippen LogP contribution in [0.2, 0.25) is 0 Å². The maximum atomic E-state index is 13.5. The van der Waals surface area contributed by atoms with Gasteiger partial charge in [-0.3, -0.25) is 19.2 Å². The molecule has 0 saturated heterocycles. The van der Waals surface area contributed by atoms with Crippen molar-refractivity contribution < 1.29 is 39.3 Å². The Morgan fingerprint density at radius 1 is 0.783 bits per heavy atom. The van der Waals surface area contributed by atoms with Crippen LogP contribution in [0.5, 0.6) is 0 Å². The summed E-state index contributed by atoms with van der Waals surface area (Å²) in [5.74, 6) is -7.20. The predicted octanol–water partition coefficient (Wildman–Crippen LogP) is 3.03. The lowest BCUT2D eigenvalue weighted by Crippen LogP contribution is -2.63. The number of hydrogen-bond acceptors (Lipinski definition) is 7. The summed E-state index contributed by atoms with van der Waals surface area (Å²) in [6.45, 7) is 13.0. The lowest BCUT2D eigenvalue weighted by molar-refractivity contribution is -0.197. The van der Waals surface area contributed by atoms with Crippen molar-refractivity contribution in [3.05, 3.63) is 35.9 Å². The van der Waals surface area contributed by atoms with Crippen molar-refractivity contribution in [2.45, 2.75) is 117 Å². The molecule has 0 unspecified atom stereocenters. The van der Waals surface area contributed by atoms with Crippen LogP contribution < -0.4 is 21.3 Å². The second-order valence-corrected chi connectivity index (χ2v) is 13.2. The zero-order valence-electron chi connectivity index (χ0n) is 28.5. The van der Waals surface area contributed by atoms with Gasteiger partial charge in [-0.2, -0.15) is 0 Å². The van der Waals surface area contributed by atoms with E-state index in [1.54, 1.807) is 25.1 Å². The SMILES string of the molecule is CCC[C@H](NC(=O)[C@H](CC(C)C)NC(=O)[C@H](CCCCC(C)C)C(C)C)C(O)(O)C(=O)NCC(=O)N[C@H](C(=O)O)c1ccccc1. The molecule has 0 radical (unpaired) electrons. The maximum Gasteiger partial charge on any atom is 0.330 e. The Hall–Kier alpha value is -3.51. The Morgan fingerprint density at radius 3 is 1.91 bits per heavy atom. The molecule has 46 heavy (non-hydrogen) atoms. The molecule has 0 aliphatic carbocycles. The number of aliphatic carboxylic acids is 1. The Bertz CT molecular complexity index is 1120. The highest BCUT2D eigenvalue weighted by Gasteiger charge is 2.44. The third kappa shape index (κ3) is 13.9. The van der Waals surface area contributed by atoms with Crippen LogP contribution in [0.3, 0.4) is 0 Å². The Balaban J connectivity index is 2.97. The van der Waals surface area contributed by atoms with E-state index in [-0.39, 0.29) is 36.5 Å². The van der Waals surface area contributed by atoms with Crippen LogP contribution in [0.4, 0.5) is 0 Å². The third-order valence-corrected chi connectivity index (χ3v) is 7.84. The number of carboxylic acids is 1. The molecule has 0 aliphatic rings. The smallest absolute Gasteiger partial charge is 0.330 e. The minimum absolute atomic E-state index is 0.000265. The van der Waals surface area contributed by atoms with Gasteiger partial charge in [0.15, 0.2) is 6.04 Å². The number of carbonyl (C=O) groups is 5. The van der Waals surface area contributed by atoms with Gasteiger partial charge in [-0.1, -0.05) is 104 Å². The quantitative estimate of drug-likeness (QED) is 0.0781. The molecule has 4 atom stereocenters. The minimum atomic E-state index is -3.11. The fourth-order valence-corrected chi connectivity index (χ4v) is 5.19. The van der Waals surface area contributed by atoms with Crippen molar-refractivity contribution in [3.63, 3.8) is 0 Å². The van der Waals surface area contributed by atoms with Crippen molar-refractivity contribution in [3.8, 4) is 0 Å². The second-order valence-electron chi connectivity index (χ2n) is 13.2. The largest absolute Gasteiger partial charge is 0.479 e. The number of amides is 4. The molecular formula is C34H56N4O8. The number of unbranched alkanes of at least 4 members (excludes halogenated alkanes) is 1. The van der Waals surface area contributed by atoms with Gasteiger partial charge in [0.05, 0.1) is 12.6 Å². The van der Waals surface area contributed by atoms with Gasteiger partial charge in [0, 0.05) is 5.92 Å². The first kappa shape index (κ1) is 40.5. The molecule has 4 amide bonds. The summed E-state index contributed by atoms with van der Waals surface area (Å²) in [6, 6.07) is 4.14. The highest BCUT2D eigenvalue weighted by Crippen LogP contribution is 2.22. The average molecular weight is 649 g/mol. The van der Waals surface area contributed by atoms with Crippen LogP contribution >= 0.6 is 0 Å². The van der Waals surface area contributed by atoms with E-state index in [1.165, 1.54) is 12.1 Å². The number of hydrogen-bond donors (Lipinski definition) is 7. The highest BCUT2D eigenvalue weighted by atomic mass is 16.5. The fraction of sp³-hybridized carbons (Fsp3) is 0.676. The third-order valence-electron chi connectivity index (χ3n) is 7.84. The molecule has 12 heteroatoms. The van der Waals surface area contributed by atoms with Crippen LogP contribution in [0, 0.1) is 23.7 Å². The normalized spacial score (nSPS) is 14.3. The van der Waals surface area contributed by atoms with Crippen molar-refractivity contribution in [1.29, 1.82) is 0 Å². The van der Waals surface area contributed by atoms with Gasteiger partial charge < -0.3 is 36.6 Å². The Morgan fingerprint density at radius 2 is 1.39 bits per heavy atom. The summed E-state index contributed by atoms with van der Waals surface area (Å²) >= 11 is 0. The second kappa shape index (κ2) is 19.9. The van der Waals surface area contributed by atoms with Crippen molar-refractivity contribution in [2.24, 2.45) is 23.7 Å². The summed E-state index contributed by atoms with van der Waals surface area (Å²) in [4.78, 5) is 63.9. The summed E-state index contributed by atoms with van der Waals surface area (Å²) in [7, 11) is 0. The molecule has 1 aromatic rings. The van der Waals surface area contributed by atoms with Crippen LogP contribution in [0.25, 0.3) is 0 Å². The summed E-state index contributed by atoms with van der Waals surface area (Å²) in [6.07, 6.45) is 4.32. The number of aliphatic hydroxyl groups is 2. The topological polar surface area (TPSA) is 194 Å². The van der Waals surface area contributed by atoms with E-state index in [1.807, 2.05) is 27.7 Å². The van der Waals surface area contributed by atoms with Crippen LogP contribution in [0.15, 0.2) is 30.3 Å². The zero-order valence-corrected chi connectivity index (χ0v) is 28.5. The molecule has 0 heterocycles. The minimum Gasteiger partial charge on any atom is -0.479 e. The van der Waals surface area contributed by atoms with Gasteiger partial charge in [0.25, 0.3) is 11.7 Å². The monoisotopic (exact) mass is 648 g/mol. The first-order chi connectivity index (χ1) is 21.5. The van der Waals surface area contributed by atoms with Gasteiger partial charge in [0.2, 0.25) is 17.7 Å². The van der Waals surface area contributed by atoms with E-state index in [9.17, 15) is 39.3 Å². The van der Waals surface area contributed by atoms with Gasteiger partial charge in [-0.25, -0.2) is 4.79 Å². The van der Waals surface area contributed by atoms with E-state index >= 15 is 0 Å². The Labute approximate surface area is 273 Å². The van der Waals surface area contributed by atoms with Gasteiger partial charge in [-0.05, 0) is 42.6 Å². The molecule has 1 aromatic carbocycles. The molecule has 0 aliphatic heterocycles. The zero-order chi connectivity index (χ0) is 35.0. The molecule has 0 spiro atoms. The van der Waals surface area contributed by atoms with E-state index in [0.29, 0.717) is 24.3 Å². The van der Waals surface area contributed by atoms with Crippen molar-refractivity contribution in [2.75, 3.05) is 6.54 Å². The molecule has 7 N–H and O–H groups in total. The highest BCUT2D eigenvalue weighted by molar-refractivity contribution is 5.92. The molecular weight excluding hydrogens is 592 g/mol. The first-order valence-electron chi connectivity index (χ1n) is 16.4. The summed E-state index contributed by atoms with van der Waals surface area (Å²) < 4.78 is 0. The molecule has 0 bridgehead atoms. The fourth-order valence-electron chi connectivity index (χ4n) is 5.19. The van der Waals surface area contributed by atoms with Crippen LogP contribution in [0.1, 0.15) is 105 Å². The van der Waals surface area contributed by atoms with Crippen LogP contribution in [-0.4, -0.2) is 69.3 Å². The van der Waals surface area contributed by atoms with E-state index < -0.39 is 54.1 Å². The van der Waals surface area contributed by atoms with E-state index in [2.05, 4.69) is 35.1 Å². The predicted molar refractivity (Wildman–Crippen MR) is 175 cm³/mol. The van der Waals surface area contributed by atoms with E-state index in [4.69, 9.17) is 0 Å². The maximum absolute atomic E-state index is 13.5. The molecule has 12 nitrogen and oxygen atoms in total. The molecule has 0 saturated carbocycles. The van der Waals surface area contributed by atoms with Crippen molar-refractivity contribution in [1.82, 2.24) is 21.3 Å². The van der Waals surface area contributed by atoms with Crippen LogP contribution in [-0.2, 0) is 24.0 Å². The van der Waals surface area contributed by atoms with E-state index in [0.717, 1.165) is 19.3 Å².